The van der Waals surface area contributed by atoms with Crippen molar-refractivity contribution in [2.24, 2.45) is 0 Å². The van der Waals surface area contributed by atoms with Crippen LogP contribution in [0.1, 0.15) is 27.4 Å². The number of H-pyrrole nitrogens is 1. The van der Waals surface area contributed by atoms with Crippen LogP contribution in [0.4, 0.5) is 4.39 Å². The van der Waals surface area contributed by atoms with Gasteiger partial charge in [-0.05, 0) is 43.2 Å². The van der Waals surface area contributed by atoms with Crippen LogP contribution in [0.15, 0.2) is 42.5 Å². The largest absolute Gasteiger partial charge is 0.350 e. The first-order valence-corrected chi connectivity index (χ1v) is 8.81. The number of benzene rings is 2. The van der Waals surface area contributed by atoms with E-state index in [1.54, 1.807) is 24.3 Å². The summed E-state index contributed by atoms with van der Waals surface area (Å²) in [5.41, 5.74) is 4.70. The van der Waals surface area contributed by atoms with E-state index in [0.717, 1.165) is 22.4 Å². The number of rotatable bonds is 4. The summed E-state index contributed by atoms with van der Waals surface area (Å²) in [5.74, 6) is 0.0508. The first-order chi connectivity index (χ1) is 13.0. The zero-order chi connectivity index (χ0) is 19.0. The molecule has 2 N–H and O–H groups in total. The molecule has 5 nitrogen and oxygen atoms in total. The van der Waals surface area contributed by atoms with Gasteiger partial charge in [0.15, 0.2) is 0 Å². The Kier molecular flexibility index (Phi) is 4.32. The van der Waals surface area contributed by atoms with Crippen molar-refractivity contribution in [2.75, 3.05) is 6.54 Å². The fourth-order valence-corrected chi connectivity index (χ4v) is 3.11. The fourth-order valence-electron chi connectivity index (χ4n) is 3.11. The number of pyridine rings is 1. The maximum atomic E-state index is 13.9. The molecule has 1 amide bonds. The predicted molar refractivity (Wildman–Crippen MR) is 103 cm³/mol. The molecular weight excluding hydrogens is 343 g/mol. The van der Waals surface area contributed by atoms with Crippen molar-refractivity contribution in [3.05, 3.63) is 70.9 Å². The van der Waals surface area contributed by atoms with E-state index in [1.165, 1.54) is 11.6 Å². The number of hydrogen-bond acceptors (Lipinski definition) is 3. The maximum Gasteiger partial charge on any atom is 0.269 e. The number of aryl methyl sites for hydroxylation is 2. The van der Waals surface area contributed by atoms with Gasteiger partial charge in [0.2, 0.25) is 0 Å². The summed E-state index contributed by atoms with van der Waals surface area (Å²) < 4.78 is 13.9. The highest BCUT2D eigenvalue weighted by Crippen LogP contribution is 2.19. The molecule has 2 aromatic carbocycles. The van der Waals surface area contributed by atoms with Gasteiger partial charge < -0.3 is 10.3 Å². The Morgan fingerprint density at radius 3 is 2.78 bits per heavy atom. The van der Waals surface area contributed by atoms with Crippen LogP contribution in [-0.4, -0.2) is 27.4 Å². The number of carbonyl (C=O) groups excluding carboxylic acids is 1. The third kappa shape index (κ3) is 3.26. The highest BCUT2D eigenvalue weighted by Gasteiger charge is 2.11. The van der Waals surface area contributed by atoms with Crippen molar-refractivity contribution in [2.45, 2.75) is 20.3 Å². The van der Waals surface area contributed by atoms with Crippen LogP contribution in [0.25, 0.3) is 21.9 Å². The standard InChI is InChI=1S/C21H19FN4O/c1-12-6-8-16-19(13(12)2)26-18(24-16)10-11-23-21(27)17-9-7-14-4-3-5-15(22)20(14)25-17/h3-9H,10-11H2,1-2H3,(H,23,27)(H,24,26). The number of halogens is 1. The molecule has 0 saturated heterocycles. The van der Waals surface area contributed by atoms with Crippen LogP contribution in [-0.2, 0) is 6.42 Å². The summed E-state index contributed by atoms with van der Waals surface area (Å²) in [7, 11) is 0. The molecule has 2 heterocycles. The first kappa shape index (κ1) is 17.1. The molecule has 0 aliphatic heterocycles. The van der Waals surface area contributed by atoms with Crippen LogP contribution in [0.3, 0.4) is 0 Å². The Bertz CT molecular complexity index is 1170. The van der Waals surface area contributed by atoms with Crippen molar-refractivity contribution in [3.8, 4) is 0 Å². The van der Waals surface area contributed by atoms with E-state index in [1.807, 2.05) is 6.07 Å². The summed E-state index contributed by atoms with van der Waals surface area (Å²) in [6.45, 7) is 4.52. The van der Waals surface area contributed by atoms with Gasteiger partial charge in [-0.1, -0.05) is 24.3 Å². The molecule has 0 unspecified atom stereocenters. The molecule has 0 fully saturated rings. The second-order valence-electron chi connectivity index (χ2n) is 6.60. The van der Waals surface area contributed by atoms with Gasteiger partial charge in [-0.15, -0.1) is 0 Å². The van der Waals surface area contributed by atoms with Gasteiger partial charge in [-0.2, -0.15) is 0 Å². The molecule has 4 rings (SSSR count). The number of imidazole rings is 1. The topological polar surface area (TPSA) is 70.7 Å². The quantitative estimate of drug-likeness (QED) is 0.579. The van der Waals surface area contributed by atoms with Crippen LogP contribution in [0, 0.1) is 19.7 Å². The Balaban J connectivity index is 1.45. The number of nitrogens with zero attached hydrogens (tertiary/aromatic N) is 2. The normalized spacial score (nSPS) is 11.2. The van der Waals surface area contributed by atoms with Gasteiger partial charge in [0.05, 0.1) is 11.0 Å². The van der Waals surface area contributed by atoms with E-state index < -0.39 is 5.82 Å². The van der Waals surface area contributed by atoms with E-state index in [9.17, 15) is 9.18 Å². The summed E-state index contributed by atoms with van der Waals surface area (Å²) in [4.78, 5) is 24.4. The highest BCUT2D eigenvalue weighted by molar-refractivity contribution is 5.94. The number of para-hydroxylation sites is 1. The van der Waals surface area contributed by atoms with E-state index in [0.29, 0.717) is 18.4 Å². The average Bonchev–Trinajstić information content (AvgIpc) is 3.08. The number of aromatic amines is 1. The molecule has 4 aromatic rings. The van der Waals surface area contributed by atoms with Crippen LogP contribution in [0.2, 0.25) is 0 Å². The maximum absolute atomic E-state index is 13.9. The highest BCUT2D eigenvalue weighted by atomic mass is 19.1. The third-order valence-corrected chi connectivity index (χ3v) is 4.78. The Morgan fingerprint density at radius 2 is 1.93 bits per heavy atom. The molecule has 0 bridgehead atoms. The lowest BCUT2D eigenvalue weighted by molar-refractivity contribution is 0.0949. The molecule has 0 spiro atoms. The second-order valence-corrected chi connectivity index (χ2v) is 6.60. The van der Waals surface area contributed by atoms with E-state index >= 15 is 0 Å². The van der Waals surface area contributed by atoms with Crippen molar-refractivity contribution in [1.29, 1.82) is 0 Å². The zero-order valence-corrected chi connectivity index (χ0v) is 15.1. The molecule has 0 atom stereocenters. The van der Waals surface area contributed by atoms with Gasteiger partial charge in [0, 0.05) is 18.4 Å². The zero-order valence-electron chi connectivity index (χ0n) is 15.1. The fraction of sp³-hybridized carbons (Fsp3) is 0.190. The molecule has 136 valence electrons. The van der Waals surface area contributed by atoms with E-state index in [2.05, 4.69) is 40.2 Å². The summed E-state index contributed by atoms with van der Waals surface area (Å²) in [6, 6.07) is 12.1. The minimum absolute atomic E-state index is 0.198. The minimum Gasteiger partial charge on any atom is -0.350 e. The lowest BCUT2D eigenvalue weighted by Gasteiger charge is -2.05. The lowest BCUT2D eigenvalue weighted by atomic mass is 10.1. The van der Waals surface area contributed by atoms with Crippen molar-refractivity contribution >= 4 is 27.8 Å². The summed E-state index contributed by atoms with van der Waals surface area (Å²) in [6.07, 6.45) is 0.570. The molecular formula is C21H19FN4O. The monoisotopic (exact) mass is 362 g/mol. The Hall–Kier alpha value is -3.28. The number of hydrogen-bond donors (Lipinski definition) is 2. The number of fused-ring (bicyclic) bond motifs is 2. The first-order valence-electron chi connectivity index (χ1n) is 8.81. The predicted octanol–water partition coefficient (Wildman–Crippen LogP) is 3.84. The summed E-state index contributed by atoms with van der Waals surface area (Å²) >= 11 is 0. The van der Waals surface area contributed by atoms with Crippen LogP contribution < -0.4 is 5.32 Å². The second kappa shape index (κ2) is 6.79. The number of nitrogens with one attached hydrogen (secondary N) is 2. The molecule has 0 saturated carbocycles. The van der Waals surface area contributed by atoms with Gasteiger partial charge in [-0.3, -0.25) is 4.79 Å². The van der Waals surface area contributed by atoms with Crippen molar-refractivity contribution in [3.63, 3.8) is 0 Å². The van der Waals surface area contributed by atoms with Crippen molar-refractivity contribution < 1.29 is 9.18 Å². The van der Waals surface area contributed by atoms with Crippen LogP contribution in [0.5, 0.6) is 0 Å². The summed E-state index contributed by atoms with van der Waals surface area (Å²) in [5, 5.41) is 3.48. The lowest BCUT2D eigenvalue weighted by Crippen LogP contribution is -2.26. The molecule has 0 aliphatic rings. The number of amides is 1. The minimum atomic E-state index is -0.435. The smallest absolute Gasteiger partial charge is 0.269 e. The number of aromatic nitrogens is 3. The Morgan fingerprint density at radius 1 is 1.07 bits per heavy atom. The van der Waals surface area contributed by atoms with Gasteiger partial charge >= 0.3 is 0 Å². The van der Waals surface area contributed by atoms with Gasteiger partial charge in [0.25, 0.3) is 5.91 Å². The van der Waals surface area contributed by atoms with Crippen molar-refractivity contribution in [1.82, 2.24) is 20.3 Å². The van der Waals surface area contributed by atoms with Gasteiger partial charge in [-0.25, -0.2) is 14.4 Å². The third-order valence-electron chi connectivity index (χ3n) is 4.78. The van der Waals surface area contributed by atoms with Gasteiger partial charge in [0.1, 0.15) is 22.9 Å². The molecule has 27 heavy (non-hydrogen) atoms. The molecule has 0 aliphatic carbocycles. The average molecular weight is 362 g/mol. The van der Waals surface area contributed by atoms with E-state index in [-0.39, 0.29) is 17.1 Å². The SMILES string of the molecule is Cc1ccc2[nH]c(CCNC(=O)c3ccc4cccc(F)c4n3)nc2c1C. The van der Waals surface area contributed by atoms with Crippen LogP contribution >= 0.6 is 0 Å². The Labute approximate surface area is 155 Å². The molecule has 2 aromatic heterocycles. The number of carbonyl (C=O) groups is 1. The molecule has 0 radical (unpaired) electrons. The van der Waals surface area contributed by atoms with E-state index in [4.69, 9.17) is 0 Å². The molecule has 6 heteroatoms.